The zero-order chi connectivity index (χ0) is 24.2. The Morgan fingerprint density at radius 1 is 1.18 bits per heavy atom. The van der Waals surface area contributed by atoms with E-state index in [1.807, 2.05) is 6.92 Å². The second-order valence-electron chi connectivity index (χ2n) is 12.5. The lowest BCUT2D eigenvalue weighted by Crippen LogP contribution is -2.63. The Balaban J connectivity index is 1.27. The molecule has 0 unspecified atom stereocenters. The number of ketones is 1. The van der Waals surface area contributed by atoms with Crippen LogP contribution in [0.5, 0.6) is 0 Å². The van der Waals surface area contributed by atoms with Crippen molar-refractivity contribution in [1.29, 1.82) is 0 Å². The Hall–Kier alpha value is -1.50. The van der Waals surface area contributed by atoms with Crippen molar-refractivity contribution in [2.45, 2.75) is 90.1 Å². The summed E-state index contributed by atoms with van der Waals surface area (Å²) in [7, 11) is 0. The molecule has 3 saturated carbocycles. The van der Waals surface area contributed by atoms with Gasteiger partial charge in [0.2, 0.25) is 0 Å². The fourth-order valence-electron chi connectivity index (χ4n) is 9.69. The van der Waals surface area contributed by atoms with Crippen molar-refractivity contribution in [1.82, 2.24) is 0 Å². The Morgan fingerprint density at radius 2 is 1.94 bits per heavy atom. The number of fused-ring (bicyclic) bond motifs is 4. The van der Waals surface area contributed by atoms with Gasteiger partial charge in [0.15, 0.2) is 5.78 Å². The number of aliphatic hydroxyl groups excluding tert-OH is 2. The number of cyclic esters (lactones) is 1. The lowest BCUT2D eigenvalue weighted by molar-refractivity contribution is -0.155. The fraction of sp³-hybridized carbons (Fsp3) is 0.786. The van der Waals surface area contributed by atoms with Gasteiger partial charge in [-0.25, -0.2) is 4.79 Å². The number of hydrogen-bond acceptors (Lipinski definition) is 6. The summed E-state index contributed by atoms with van der Waals surface area (Å²) in [6.07, 6.45) is 8.23. The number of carbonyl (C=O) groups excluding carboxylic acids is 2. The predicted molar refractivity (Wildman–Crippen MR) is 124 cm³/mol. The molecular formula is C28H38O6. The molecule has 186 valence electrons. The van der Waals surface area contributed by atoms with Crippen LogP contribution in [0.15, 0.2) is 23.3 Å². The van der Waals surface area contributed by atoms with Gasteiger partial charge in [0.25, 0.3) is 0 Å². The third-order valence-corrected chi connectivity index (χ3v) is 11.6. The monoisotopic (exact) mass is 470 g/mol. The summed E-state index contributed by atoms with van der Waals surface area (Å²) in [5.41, 5.74) is 0.129. The normalized spacial score (nSPS) is 52.4. The first kappa shape index (κ1) is 22.9. The summed E-state index contributed by atoms with van der Waals surface area (Å²) in [6, 6.07) is 0. The minimum absolute atomic E-state index is 0.0366. The lowest BCUT2D eigenvalue weighted by atomic mass is 9.44. The van der Waals surface area contributed by atoms with Gasteiger partial charge in [-0.1, -0.05) is 19.4 Å². The molecule has 34 heavy (non-hydrogen) atoms. The van der Waals surface area contributed by atoms with E-state index in [4.69, 9.17) is 9.47 Å². The molecule has 4 aliphatic carbocycles. The molecule has 2 heterocycles. The number of carbonyl (C=O) groups is 2. The smallest absolute Gasteiger partial charge is 0.336 e. The third-order valence-electron chi connectivity index (χ3n) is 11.6. The van der Waals surface area contributed by atoms with E-state index in [1.165, 1.54) is 0 Å². The Kier molecular flexibility index (Phi) is 4.90. The van der Waals surface area contributed by atoms with Gasteiger partial charge in [-0.05, 0) is 93.1 Å². The van der Waals surface area contributed by atoms with E-state index in [9.17, 15) is 19.8 Å². The van der Waals surface area contributed by atoms with Crippen LogP contribution in [0, 0.1) is 40.4 Å². The summed E-state index contributed by atoms with van der Waals surface area (Å²) in [5.74, 6) is 1.61. The van der Waals surface area contributed by atoms with Crippen molar-refractivity contribution in [2.75, 3.05) is 6.61 Å². The molecule has 0 amide bonds. The molecule has 0 aromatic rings. The average molecular weight is 471 g/mol. The van der Waals surface area contributed by atoms with Gasteiger partial charge in [0.05, 0.1) is 23.7 Å². The zero-order valence-corrected chi connectivity index (χ0v) is 20.8. The van der Waals surface area contributed by atoms with Crippen molar-refractivity contribution in [3.63, 3.8) is 0 Å². The van der Waals surface area contributed by atoms with Gasteiger partial charge >= 0.3 is 5.97 Å². The van der Waals surface area contributed by atoms with E-state index in [0.717, 1.165) is 37.7 Å². The number of aliphatic hydroxyl groups is 2. The second-order valence-corrected chi connectivity index (χ2v) is 12.5. The maximum Gasteiger partial charge on any atom is 0.336 e. The molecule has 1 spiro atoms. The number of ether oxygens (including phenoxy) is 2. The molecule has 0 aromatic heterocycles. The number of esters is 1. The quantitative estimate of drug-likeness (QED) is 0.485. The van der Waals surface area contributed by atoms with E-state index in [-0.39, 0.29) is 47.8 Å². The summed E-state index contributed by atoms with van der Waals surface area (Å²) in [4.78, 5) is 25.8. The molecule has 11 atom stereocenters. The highest BCUT2D eigenvalue weighted by Gasteiger charge is 2.80. The van der Waals surface area contributed by atoms with Crippen LogP contribution in [0.3, 0.4) is 0 Å². The number of allylic oxidation sites excluding steroid dienone is 1. The highest BCUT2D eigenvalue weighted by molar-refractivity contribution is 5.98. The van der Waals surface area contributed by atoms with Crippen LogP contribution in [0.2, 0.25) is 0 Å². The maximum atomic E-state index is 13.3. The third kappa shape index (κ3) is 2.63. The predicted octanol–water partition coefficient (Wildman–Crippen LogP) is 3.35. The molecule has 2 aliphatic heterocycles. The van der Waals surface area contributed by atoms with Crippen LogP contribution in [-0.4, -0.2) is 52.5 Å². The first-order chi connectivity index (χ1) is 16.1. The van der Waals surface area contributed by atoms with Crippen LogP contribution >= 0.6 is 0 Å². The fourth-order valence-corrected chi connectivity index (χ4v) is 9.69. The summed E-state index contributed by atoms with van der Waals surface area (Å²) in [5, 5.41) is 20.4. The van der Waals surface area contributed by atoms with Gasteiger partial charge in [-0.15, -0.1) is 0 Å². The van der Waals surface area contributed by atoms with E-state index in [1.54, 1.807) is 12.2 Å². The minimum Gasteiger partial charge on any atom is -0.458 e. The molecule has 1 saturated heterocycles. The summed E-state index contributed by atoms with van der Waals surface area (Å²) < 4.78 is 12.1. The van der Waals surface area contributed by atoms with E-state index in [0.29, 0.717) is 29.7 Å². The molecule has 0 aromatic carbocycles. The molecule has 0 bridgehead atoms. The highest BCUT2D eigenvalue weighted by atomic mass is 16.6. The topological polar surface area (TPSA) is 96.4 Å². The SMILES string of the molecule is CC1=C(CO)C(=O)O[C@H]([C@H](C)[C@@H]2CC[C@H]3[C@@H]4C[C@H]5O[C@]56[C@H](O)C=CC(=O)[C@]6(C)[C@H]4CC[C@@]23C)C1. The van der Waals surface area contributed by atoms with Crippen molar-refractivity contribution >= 4 is 11.8 Å². The van der Waals surface area contributed by atoms with Gasteiger partial charge in [0.1, 0.15) is 17.8 Å². The van der Waals surface area contributed by atoms with Gasteiger partial charge in [-0.3, -0.25) is 4.79 Å². The van der Waals surface area contributed by atoms with Crippen molar-refractivity contribution in [2.24, 2.45) is 40.4 Å². The van der Waals surface area contributed by atoms with Crippen LogP contribution in [0.4, 0.5) is 0 Å². The standard InChI is InChI=1S/C28H38O6/c1-14-11-21(33-25(32)17(14)13-29)15(2)18-5-6-19-16-12-24-28(34-24)23(31)8-7-22(30)27(28,4)20(16)9-10-26(18,19)3/h7-8,15-16,18-21,23-24,29,31H,5-6,9-13H2,1-4H3/t15-,16+,18+,19+,20+,21+,23-,24-,26+,27+,28-/m1/s1. The second kappa shape index (κ2) is 7.27. The van der Waals surface area contributed by atoms with Crippen LogP contribution in [-0.2, 0) is 19.1 Å². The first-order valence-corrected chi connectivity index (χ1v) is 13.2. The average Bonchev–Trinajstić information content (AvgIpc) is 3.43. The highest BCUT2D eigenvalue weighted by Crippen LogP contribution is 2.73. The van der Waals surface area contributed by atoms with E-state index < -0.39 is 17.1 Å². The molecule has 6 aliphatic rings. The number of rotatable bonds is 3. The summed E-state index contributed by atoms with van der Waals surface area (Å²) >= 11 is 0. The largest absolute Gasteiger partial charge is 0.458 e. The van der Waals surface area contributed by atoms with Crippen LogP contribution < -0.4 is 0 Å². The van der Waals surface area contributed by atoms with Crippen molar-refractivity contribution in [3.05, 3.63) is 23.3 Å². The molecule has 6 rings (SSSR count). The Labute approximate surface area is 201 Å². The Morgan fingerprint density at radius 3 is 2.65 bits per heavy atom. The van der Waals surface area contributed by atoms with Gasteiger partial charge in [0, 0.05) is 6.42 Å². The van der Waals surface area contributed by atoms with Crippen molar-refractivity contribution in [3.8, 4) is 0 Å². The molecule has 4 fully saturated rings. The Bertz CT molecular complexity index is 999. The molecule has 6 heteroatoms. The lowest BCUT2D eigenvalue weighted by Gasteiger charge is -2.58. The first-order valence-electron chi connectivity index (χ1n) is 13.2. The minimum atomic E-state index is -0.719. The molecule has 6 nitrogen and oxygen atoms in total. The van der Waals surface area contributed by atoms with Gasteiger partial charge < -0.3 is 19.7 Å². The van der Waals surface area contributed by atoms with E-state index in [2.05, 4.69) is 20.8 Å². The molecule has 2 N–H and O–H groups in total. The zero-order valence-electron chi connectivity index (χ0n) is 20.8. The molecular weight excluding hydrogens is 432 g/mol. The maximum absolute atomic E-state index is 13.3. The van der Waals surface area contributed by atoms with Gasteiger partial charge in [-0.2, -0.15) is 0 Å². The summed E-state index contributed by atoms with van der Waals surface area (Å²) in [6.45, 7) is 8.41. The number of epoxide rings is 1. The van der Waals surface area contributed by atoms with Crippen LogP contribution in [0.1, 0.15) is 66.2 Å². The molecule has 0 radical (unpaired) electrons. The number of hydrogen-bond donors (Lipinski definition) is 2. The van der Waals surface area contributed by atoms with Crippen LogP contribution in [0.25, 0.3) is 0 Å². The van der Waals surface area contributed by atoms with Crippen molar-refractivity contribution < 1.29 is 29.3 Å². The van der Waals surface area contributed by atoms with E-state index >= 15 is 0 Å².